The lowest BCUT2D eigenvalue weighted by Gasteiger charge is -2.15. The lowest BCUT2D eigenvalue weighted by molar-refractivity contribution is 0.484. The second-order valence-electron chi connectivity index (χ2n) is 5.33. The second-order valence-corrected chi connectivity index (χ2v) is 6.00. The molecule has 1 heterocycles. The van der Waals surface area contributed by atoms with Crippen molar-refractivity contribution in [3.8, 4) is 22.6 Å². The topological polar surface area (TPSA) is 83.4 Å². The number of ether oxygens (including phenoxy) is 1. The number of aryl methyl sites for hydroxylation is 1. The van der Waals surface area contributed by atoms with Crippen LogP contribution < -0.4 is 15.0 Å². The molecule has 0 aliphatic carbocycles. The van der Waals surface area contributed by atoms with Crippen molar-refractivity contribution in [2.24, 2.45) is 7.05 Å². The van der Waals surface area contributed by atoms with Gasteiger partial charge in [0.15, 0.2) is 0 Å². The van der Waals surface area contributed by atoms with E-state index in [-0.39, 0.29) is 5.56 Å². The zero-order valence-electron chi connectivity index (χ0n) is 13.3. The Morgan fingerprint density at radius 2 is 1.84 bits per heavy atom. The molecular weight excluding hydrogens is 340 g/mol. The molecule has 7 heteroatoms. The van der Waals surface area contributed by atoms with E-state index in [0.29, 0.717) is 22.7 Å². The maximum absolute atomic E-state index is 11.6. The fraction of sp³-hybridized carbons (Fsp3) is 0.0556. The van der Waals surface area contributed by atoms with E-state index in [4.69, 9.17) is 4.74 Å². The molecule has 3 aromatic rings. The highest BCUT2D eigenvalue weighted by molar-refractivity contribution is 7.80. The average molecular weight is 355 g/mol. The van der Waals surface area contributed by atoms with Gasteiger partial charge >= 0.3 is 0 Å². The number of para-hydroxylation sites is 1. The second kappa shape index (κ2) is 7.33. The molecule has 1 N–H and O–H groups in total. The third kappa shape index (κ3) is 4.14. The molecule has 128 valence electrons. The van der Waals surface area contributed by atoms with Crippen LogP contribution in [0.5, 0.6) is 11.5 Å². The van der Waals surface area contributed by atoms with Crippen LogP contribution in [0.3, 0.4) is 0 Å². The predicted octanol–water partition coefficient (Wildman–Crippen LogP) is 3.05. The zero-order chi connectivity index (χ0) is 17.8. The van der Waals surface area contributed by atoms with Gasteiger partial charge in [-0.05, 0) is 36.4 Å². The van der Waals surface area contributed by atoms with Crippen LogP contribution in [-0.4, -0.2) is 13.3 Å². The van der Waals surface area contributed by atoms with Crippen molar-refractivity contribution in [1.82, 2.24) is 4.57 Å². The third-order valence-corrected chi connectivity index (χ3v) is 3.95. The molecule has 0 radical (unpaired) electrons. The highest BCUT2D eigenvalue weighted by atomic mass is 32.2. The predicted molar refractivity (Wildman–Crippen MR) is 96.2 cm³/mol. The molecule has 0 spiro atoms. The summed E-state index contributed by atoms with van der Waals surface area (Å²) in [5.41, 5.74) is 1.66. The summed E-state index contributed by atoms with van der Waals surface area (Å²) in [7, 11) is 1.65. The normalized spacial score (nSPS) is 11.8. The number of rotatable bonds is 5. The number of hydrogen-bond donors (Lipinski definition) is 1. The van der Waals surface area contributed by atoms with Crippen LogP contribution in [0, 0.1) is 0 Å². The fourth-order valence-corrected chi connectivity index (χ4v) is 2.69. The molecule has 1 atom stereocenters. The summed E-state index contributed by atoms with van der Waals surface area (Å²) in [6.07, 6.45) is 1.67. The molecule has 1 unspecified atom stereocenters. The number of aromatic nitrogens is 1. The molecule has 3 rings (SSSR count). The molecule has 0 saturated carbocycles. The molecule has 0 aliphatic rings. The van der Waals surface area contributed by atoms with E-state index >= 15 is 0 Å². The number of hydrogen-bond acceptors (Lipinski definition) is 4. The van der Waals surface area contributed by atoms with E-state index in [2.05, 4.69) is 4.72 Å². The van der Waals surface area contributed by atoms with Gasteiger partial charge in [-0.2, -0.15) is 0 Å². The molecule has 1 aromatic heterocycles. The first-order valence-corrected chi connectivity index (χ1v) is 8.50. The number of nitrogens with one attached hydrogen (secondary N) is 1. The summed E-state index contributed by atoms with van der Waals surface area (Å²) in [5, 5.41) is 0. The smallest absolute Gasteiger partial charge is 0.250 e. The minimum Gasteiger partial charge on any atom is -0.755 e. The molecule has 0 saturated heterocycles. The Morgan fingerprint density at radius 1 is 1.08 bits per heavy atom. The molecule has 6 nitrogen and oxygen atoms in total. The van der Waals surface area contributed by atoms with Gasteiger partial charge in [-0.3, -0.25) is 9.00 Å². The molecule has 0 bridgehead atoms. The first-order valence-electron chi connectivity index (χ1n) is 7.43. The van der Waals surface area contributed by atoms with Crippen LogP contribution in [0.4, 0.5) is 5.69 Å². The van der Waals surface area contributed by atoms with E-state index in [0.717, 1.165) is 5.56 Å². The largest absolute Gasteiger partial charge is 0.755 e. The Bertz CT molecular complexity index is 970. The standard InChI is InChI=1S/C18H16N2O4S/c1-20-12-13(7-10-18(20)21)16-11-14(19-25(22)23)8-9-17(16)24-15-5-3-2-4-6-15/h2-12,19H,1H3,(H,22,23)/p-1. The van der Waals surface area contributed by atoms with Crippen molar-refractivity contribution in [1.29, 1.82) is 0 Å². The molecule has 0 aliphatic heterocycles. The maximum atomic E-state index is 11.6. The summed E-state index contributed by atoms with van der Waals surface area (Å²) >= 11 is -2.43. The van der Waals surface area contributed by atoms with Gasteiger partial charge in [-0.15, -0.1) is 0 Å². The first kappa shape index (κ1) is 16.9. The summed E-state index contributed by atoms with van der Waals surface area (Å²) < 4.78 is 31.5. The van der Waals surface area contributed by atoms with Crippen molar-refractivity contribution < 1.29 is 13.5 Å². The van der Waals surface area contributed by atoms with Crippen molar-refractivity contribution in [3.05, 3.63) is 77.2 Å². The van der Waals surface area contributed by atoms with Gasteiger partial charge in [0.05, 0.1) is 0 Å². The fourth-order valence-electron chi connectivity index (χ4n) is 2.37. The molecule has 0 fully saturated rings. The number of pyridine rings is 1. The number of nitrogens with zero attached hydrogens (tertiary/aromatic N) is 1. The first-order chi connectivity index (χ1) is 12.0. The third-order valence-electron chi connectivity index (χ3n) is 3.55. The van der Waals surface area contributed by atoms with E-state index < -0.39 is 11.3 Å². The minimum absolute atomic E-state index is 0.135. The van der Waals surface area contributed by atoms with Crippen molar-refractivity contribution in [2.45, 2.75) is 0 Å². The quantitative estimate of drug-likeness (QED) is 0.713. The lowest BCUT2D eigenvalue weighted by Crippen LogP contribution is -2.14. The van der Waals surface area contributed by atoms with Gasteiger partial charge in [-0.1, -0.05) is 18.2 Å². The molecule has 2 aromatic carbocycles. The van der Waals surface area contributed by atoms with E-state index in [1.165, 1.54) is 10.6 Å². The number of benzene rings is 2. The Hall–Kier alpha value is -2.90. The SMILES string of the molecule is Cn1cc(-c2cc(NS(=O)[O-])ccc2Oc2ccccc2)ccc1=O. The van der Waals surface area contributed by atoms with Crippen molar-refractivity contribution in [3.63, 3.8) is 0 Å². The molecule has 25 heavy (non-hydrogen) atoms. The summed E-state index contributed by atoms with van der Waals surface area (Å²) in [6.45, 7) is 0. The zero-order valence-corrected chi connectivity index (χ0v) is 14.2. The monoisotopic (exact) mass is 355 g/mol. The van der Waals surface area contributed by atoms with Crippen molar-refractivity contribution >= 4 is 17.0 Å². The Morgan fingerprint density at radius 3 is 2.52 bits per heavy atom. The van der Waals surface area contributed by atoms with Crippen LogP contribution in [0.15, 0.2) is 71.7 Å². The summed E-state index contributed by atoms with van der Waals surface area (Å²) in [5.74, 6) is 1.20. The van der Waals surface area contributed by atoms with Crippen molar-refractivity contribution in [2.75, 3.05) is 4.72 Å². The average Bonchev–Trinajstić information content (AvgIpc) is 2.59. The summed E-state index contributed by atoms with van der Waals surface area (Å²) in [4.78, 5) is 11.6. The van der Waals surface area contributed by atoms with Crippen LogP contribution >= 0.6 is 0 Å². The Balaban J connectivity index is 2.08. The van der Waals surface area contributed by atoms with E-state index in [9.17, 15) is 13.6 Å². The van der Waals surface area contributed by atoms with Gasteiger partial charge in [0, 0.05) is 47.4 Å². The van der Waals surface area contributed by atoms with Crippen LogP contribution in [0.2, 0.25) is 0 Å². The van der Waals surface area contributed by atoms with Gasteiger partial charge in [0.2, 0.25) is 5.56 Å². The molecule has 0 amide bonds. The van der Waals surface area contributed by atoms with Crippen LogP contribution in [-0.2, 0) is 18.3 Å². The maximum Gasteiger partial charge on any atom is 0.250 e. The van der Waals surface area contributed by atoms with Gasteiger partial charge in [0.25, 0.3) is 0 Å². The van der Waals surface area contributed by atoms with Crippen LogP contribution in [0.25, 0.3) is 11.1 Å². The Kier molecular flexibility index (Phi) is 4.97. The highest BCUT2D eigenvalue weighted by Crippen LogP contribution is 2.35. The Labute approximate surface area is 147 Å². The van der Waals surface area contributed by atoms with Gasteiger partial charge in [0.1, 0.15) is 11.5 Å². The van der Waals surface area contributed by atoms with E-state index in [1.807, 2.05) is 30.3 Å². The molecular formula is C18H15N2O4S-. The summed E-state index contributed by atoms with van der Waals surface area (Å²) in [6, 6.07) is 17.3. The minimum atomic E-state index is -2.43. The highest BCUT2D eigenvalue weighted by Gasteiger charge is 2.10. The van der Waals surface area contributed by atoms with Crippen LogP contribution in [0.1, 0.15) is 0 Å². The lowest BCUT2D eigenvalue weighted by atomic mass is 10.1. The number of anilines is 1. The van der Waals surface area contributed by atoms with Gasteiger partial charge in [-0.25, -0.2) is 0 Å². The van der Waals surface area contributed by atoms with Gasteiger partial charge < -0.3 is 18.6 Å². The van der Waals surface area contributed by atoms with E-state index in [1.54, 1.807) is 37.5 Å².